The highest BCUT2D eigenvalue weighted by Gasteiger charge is 2.32. The number of halogens is 3. The van der Waals surface area contributed by atoms with E-state index in [2.05, 4.69) is 5.32 Å². The SMILES string of the molecule is Cc1ccc([N+](=O)[O-])cc1C(=O)Nc1cc(C(F)(F)F)ccc1N1CCCCC1. The molecule has 9 heteroatoms. The van der Waals surface area contributed by atoms with Gasteiger partial charge in [0.1, 0.15) is 0 Å². The number of benzene rings is 2. The van der Waals surface area contributed by atoms with E-state index in [1.165, 1.54) is 18.2 Å². The van der Waals surface area contributed by atoms with Crippen molar-refractivity contribution in [1.29, 1.82) is 0 Å². The first kappa shape index (κ1) is 20.6. The number of carbonyl (C=O) groups is 1. The zero-order valence-electron chi connectivity index (χ0n) is 15.8. The smallest absolute Gasteiger partial charge is 0.370 e. The summed E-state index contributed by atoms with van der Waals surface area (Å²) in [6.45, 7) is 2.98. The van der Waals surface area contributed by atoms with Gasteiger partial charge in [-0.25, -0.2) is 0 Å². The molecule has 3 rings (SSSR count). The molecule has 0 radical (unpaired) electrons. The first-order valence-corrected chi connectivity index (χ1v) is 9.19. The van der Waals surface area contributed by atoms with Gasteiger partial charge in [0.25, 0.3) is 11.6 Å². The van der Waals surface area contributed by atoms with E-state index in [0.29, 0.717) is 24.3 Å². The topological polar surface area (TPSA) is 75.5 Å². The number of nitro benzene ring substituents is 1. The van der Waals surface area contributed by atoms with Gasteiger partial charge in [-0.1, -0.05) is 6.07 Å². The van der Waals surface area contributed by atoms with Crippen molar-refractivity contribution in [3.05, 3.63) is 63.2 Å². The maximum atomic E-state index is 13.2. The van der Waals surface area contributed by atoms with Crippen molar-refractivity contribution in [3.8, 4) is 0 Å². The van der Waals surface area contributed by atoms with E-state index in [1.54, 1.807) is 6.92 Å². The van der Waals surface area contributed by atoms with Crippen LogP contribution in [-0.2, 0) is 6.18 Å². The Labute approximate surface area is 165 Å². The van der Waals surface area contributed by atoms with Crippen molar-refractivity contribution >= 4 is 23.0 Å². The van der Waals surface area contributed by atoms with Crippen LogP contribution in [0.15, 0.2) is 36.4 Å². The van der Waals surface area contributed by atoms with E-state index in [0.717, 1.165) is 37.5 Å². The molecule has 154 valence electrons. The van der Waals surface area contributed by atoms with Crippen molar-refractivity contribution in [2.45, 2.75) is 32.4 Å². The van der Waals surface area contributed by atoms with E-state index >= 15 is 0 Å². The number of aryl methyl sites for hydroxylation is 1. The highest BCUT2D eigenvalue weighted by atomic mass is 19.4. The Morgan fingerprint density at radius 3 is 2.41 bits per heavy atom. The number of nitrogens with one attached hydrogen (secondary N) is 1. The van der Waals surface area contributed by atoms with Gasteiger partial charge in [0.2, 0.25) is 0 Å². The van der Waals surface area contributed by atoms with Gasteiger partial charge in [0.15, 0.2) is 0 Å². The Bertz CT molecular complexity index is 938. The molecule has 6 nitrogen and oxygen atoms in total. The molecule has 0 unspecified atom stereocenters. The fraction of sp³-hybridized carbons (Fsp3) is 0.350. The Balaban J connectivity index is 1.98. The third-order valence-corrected chi connectivity index (χ3v) is 4.95. The minimum absolute atomic E-state index is 0.0395. The lowest BCUT2D eigenvalue weighted by Crippen LogP contribution is -2.30. The number of alkyl halides is 3. The first-order chi connectivity index (χ1) is 13.7. The quantitative estimate of drug-likeness (QED) is 0.561. The third kappa shape index (κ3) is 4.67. The number of carbonyl (C=O) groups excluding carboxylic acids is 1. The van der Waals surface area contributed by atoms with Gasteiger partial charge in [-0.2, -0.15) is 13.2 Å². The lowest BCUT2D eigenvalue weighted by atomic mass is 10.1. The van der Waals surface area contributed by atoms with Crippen LogP contribution in [0.1, 0.15) is 40.7 Å². The summed E-state index contributed by atoms with van der Waals surface area (Å²) in [7, 11) is 0. The van der Waals surface area contributed by atoms with Crippen LogP contribution in [0.2, 0.25) is 0 Å². The van der Waals surface area contributed by atoms with Gasteiger partial charge in [-0.15, -0.1) is 0 Å². The number of nitro groups is 1. The van der Waals surface area contributed by atoms with Crippen molar-refractivity contribution in [1.82, 2.24) is 0 Å². The van der Waals surface area contributed by atoms with Gasteiger partial charge in [0.05, 0.1) is 21.9 Å². The Morgan fingerprint density at radius 1 is 1.10 bits per heavy atom. The molecule has 1 aliphatic rings. The molecule has 1 N–H and O–H groups in total. The summed E-state index contributed by atoms with van der Waals surface area (Å²) in [4.78, 5) is 25.1. The number of amides is 1. The summed E-state index contributed by atoms with van der Waals surface area (Å²) in [5.41, 5.74) is -0.0575. The van der Waals surface area contributed by atoms with Gasteiger partial charge in [0, 0.05) is 30.8 Å². The van der Waals surface area contributed by atoms with Crippen LogP contribution in [-0.4, -0.2) is 23.9 Å². The fourth-order valence-electron chi connectivity index (χ4n) is 3.38. The van der Waals surface area contributed by atoms with Gasteiger partial charge in [-0.3, -0.25) is 14.9 Å². The maximum Gasteiger partial charge on any atom is 0.416 e. The molecule has 0 aliphatic carbocycles. The monoisotopic (exact) mass is 407 g/mol. The van der Waals surface area contributed by atoms with Gasteiger partial charge < -0.3 is 10.2 Å². The number of rotatable bonds is 4. The lowest BCUT2D eigenvalue weighted by molar-refractivity contribution is -0.384. The summed E-state index contributed by atoms with van der Waals surface area (Å²) >= 11 is 0. The Morgan fingerprint density at radius 2 is 1.79 bits per heavy atom. The molecule has 1 amide bonds. The number of nitrogens with zero attached hydrogens (tertiary/aromatic N) is 2. The maximum absolute atomic E-state index is 13.2. The minimum Gasteiger partial charge on any atom is -0.370 e. The molecule has 1 heterocycles. The zero-order valence-corrected chi connectivity index (χ0v) is 15.8. The highest BCUT2D eigenvalue weighted by Crippen LogP contribution is 2.36. The lowest BCUT2D eigenvalue weighted by Gasteiger charge is -2.31. The average Bonchev–Trinajstić information content (AvgIpc) is 2.68. The first-order valence-electron chi connectivity index (χ1n) is 9.19. The average molecular weight is 407 g/mol. The molecular formula is C20H20F3N3O3. The van der Waals surface area contributed by atoms with Crippen LogP contribution in [0, 0.1) is 17.0 Å². The van der Waals surface area contributed by atoms with Crippen molar-refractivity contribution in [2.75, 3.05) is 23.3 Å². The largest absolute Gasteiger partial charge is 0.416 e. The highest BCUT2D eigenvalue weighted by molar-refractivity contribution is 6.07. The summed E-state index contributed by atoms with van der Waals surface area (Å²) in [6, 6.07) is 7.11. The number of hydrogen-bond acceptors (Lipinski definition) is 4. The predicted octanol–water partition coefficient (Wildman–Crippen LogP) is 5.16. The standard InChI is InChI=1S/C20H20F3N3O3/c1-13-5-7-15(26(28)29)12-16(13)19(27)24-17-11-14(20(21,22)23)6-8-18(17)25-9-3-2-4-10-25/h5-8,11-12H,2-4,9-10H2,1H3,(H,24,27). The molecule has 1 aliphatic heterocycles. The number of non-ortho nitro benzene ring substituents is 1. The van der Waals surface area contributed by atoms with E-state index in [4.69, 9.17) is 0 Å². The fourth-order valence-corrected chi connectivity index (χ4v) is 3.38. The second-order valence-electron chi connectivity index (χ2n) is 6.99. The van der Waals surface area contributed by atoms with Crippen molar-refractivity contribution < 1.29 is 22.9 Å². The number of hydrogen-bond donors (Lipinski definition) is 1. The molecule has 0 aromatic heterocycles. The van der Waals surface area contributed by atoms with Gasteiger partial charge in [-0.05, 0) is 49.9 Å². The summed E-state index contributed by atoms with van der Waals surface area (Å²) in [5.74, 6) is -0.691. The number of anilines is 2. The molecule has 1 saturated heterocycles. The van der Waals surface area contributed by atoms with E-state index in [9.17, 15) is 28.1 Å². The van der Waals surface area contributed by atoms with Crippen molar-refractivity contribution in [3.63, 3.8) is 0 Å². The van der Waals surface area contributed by atoms with Crippen LogP contribution in [0.3, 0.4) is 0 Å². The van der Waals surface area contributed by atoms with E-state index in [-0.39, 0.29) is 16.9 Å². The molecule has 2 aromatic rings. The Kier molecular flexibility index (Phi) is 5.76. The minimum atomic E-state index is -4.55. The molecule has 0 saturated carbocycles. The van der Waals surface area contributed by atoms with Crippen LogP contribution < -0.4 is 10.2 Å². The van der Waals surface area contributed by atoms with Crippen LogP contribution in [0.5, 0.6) is 0 Å². The molecule has 0 spiro atoms. The molecule has 2 aromatic carbocycles. The normalized spacial score (nSPS) is 14.6. The second kappa shape index (κ2) is 8.10. The van der Waals surface area contributed by atoms with Crippen LogP contribution in [0.25, 0.3) is 0 Å². The summed E-state index contributed by atoms with van der Waals surface area (Å²) < 4.78 is 39.6. The molecule has 0 atom stereocenters. The molecular weight excluding hydrogens is 387 g/mol. The van der Waals surface area contributed by atoms with Crippen LogP contribution >= 0.6 is 0 Å². The summed E-state index contributed by atoms with van der Waals surface area (Å²) in [5, 5.41) is 13.5. The second-order valence-corrected chi connectivity index (χ2v) is 6.99. The zero-order chi connectivity index (χ0) is 21.2. The summed E-state index contributed by atoms with van der Waals surface area (Å²) in [6.07, 6.45) is -1.68. The molecule has 1 fully saturated rings. The van der Waals surface area contributed by atoms with Gasteiger partial charge >= 0.3 is 6.18 Å². The number of piperidine rings is 1. The van der Waals surface area contributed by atoms with E-state index in [1.807, 2.05) is 4.90 Å². The third-order valence-electron chi connectivity index (χ3n) is 4.95. The van der Waals surface area contributed by atoms with E-state index < -0.39 is 22.6 Å². The molecule has 0 bridgehead atoms. The van der Waals surface area contributed by atoms with Crippen molar-refractivity contribution in [2.24, 2.45) is 0 Å². The molecule has 29 heavy (non-hydrogen) atoms. The van der Waals surface area contributed by atoms with Crippen LogP contribution in [0.4, 0.5) is 30.2 Å². The Hall–Kier alpha value is -3.10. The predicted molar refractivity (Wildman–Crippen MR) is 103 cm³/mol.